The predicted molar refractivity (Wildman–Crippen MR) is 120 cm³/mol. The Morgan fingerprint density at radius 2 is 1.59 bits per heavy atom. The molecule has 0 radical (unpaired) electrons. The van der Waals surface area contributed by atoms with Crippen molar-refractivity contribution >= 4 is 23.5 Å². The number of aliphatic hydroxyl groups excluding tert-OH is 1. The largest absolute Gasteiger partial charge is 0.445 e. The highest BCUT2D eigenvalue weighted by atomic mass is 32.1. The smallest absolute Gasteiger partial charge is 0.407 e. The number of carbonyl (C=O) groups excluding carboxylic acids is 2. The van der Waals surface area contributed by atoms with E-state index in [0.717, 1.165) is 16.0 Å². The molecule has 2 atom stereocenters. The second kappa shape index (κ2) is 12.4. The molecule has 2 amide bonds. The molecule has 0 spiro atoms. The average Bonchev–Trinajstić information content (AvgIpc) is 3.34. The van der Waals surface area contributed by atoms with Crippen LogP contribution in [0, 0.1) is 0 Å². The summed E-state index contributed by atoms with van der Waals surface area (Å²) >= 11 is 1.38. The van der Waals surface area contributed by atoms with Crippen LogP contribution in [0.5, 0.6) is 0 Å². The van der Waals surface area contributed by atoms with E-state index in [4.69, 9.17) is 9.47 Å². The molecule has 2 aromatic carbocycles. The molecule has 3 N–H and O–H groups in total. The number of nitrogens with zero attached hydrogens (tertiary/aromatic N) is 1. The second-order valence-electron chi connectivity index (χ2n) is 6.99. The Hall–Kier alpha value is -3.43. The highest BCUT2D eigenvalue weighted by Gasteiger charge is 2.23. The van der Waals surface area contributed by atoms with Crippen LogP contribution in [0.25, 0.3) is 0 Å². The van der Waals surface area contributed by atoms with Gasteiger partial charge in [-0.3, -0.25) is 4.98 Å². The van der Waals surface area contributed by atoms with Crippen LogP contribution >= 0.6 is 11.3 Å². The summed E-state index contributed by atoms with van der Waals surface area (Å²) in [5.41, 5.74) is 3.43. The highest BCUT2D eigenvalue weighted by Crippen LogP contribution is 2.09. The molecular formula is C23H25N3O5S. The van der Waals surface area contributed by atoms with Crippen molar-refractivity contribution in [3.05, 3.63) is 88.4 Å². The van der Waals surface area contributed by atoms with Crippen LogP contribution in [-0.2, 0) is 29.1 Å². The van der Waals surface area contributed by atoms with E-state index in [9.17, 15) is 14.7 Å². The van der Waals surface area contributed by atoms with Gasteiger partial charge in [0.2, 0.25) is 0 Å². The zero-order valence-electron chi connectivity index (χ0n) is 17.3. The van der Waals surface area contributed by atoms with Gasteiger partial charge >= 0.3 is 12.2 Å². The Labute approximate surface area is 190 Å². The summed E-state index contributed by atoms with van der Waals surface area (Å²) in [5.74, 6) is 0. The summed E-state index contributed by atoms with van der Waals surface area (Å²) in [7, 11) is 0. The number of aromatic nitrogens is 1. The van der Waals surface area contributed by atoms with E-state index in [0.29, 0.717) is 6.42 Å². The number of alkyl carbamates (subject to hydrolysis) is 2. The third-order valence-electron chi connectivity index (χ3n) is 4.56. The van der Waals surface area contributed by atoms with Gasteiger partial charge in [0, 0.05) is 12.7 Å². The molecule has 168 valence electrons. The monoisotopic (exact) mass is 455 g/mol. The molecule has 0 aliphatic rings. The molecule has 3 aromatic rings. The van der Waals surface area contributed by atoms with Gasteiger partial charge in [-0.15, -0.1) is 11.3 Å². The maximum absolute atomic E-state index is 12.3. The third kappa shape index (κ3) is 8.01. The van der Waals surface area contributed by atoms with E-state index in [1.54, 1.807) is 11.7 Å². The van der Waals surface area contributed by atoms with Gasteiger partial charge in [0.25, 0.3) is 0 Å². The summed E-state index contributed by atoms with van der Waals surface area (Å²) in [6.45, 7) is 0.118. The molecule has 8 nitrogen and oxygen atoms in total. The third-order valence-corrected chi connectivity index (χ3v) is 5.32. The maximum atomic E-state index is 12.3. The SMILES string of the molecule is O=C(NC[C@@H](O)[C@H](Cc1ccccc1)NC(=O)OCc1cncs1)OCc1ccccc1. The van der Waals surface area contributed by atoms with Gasteiger partial charge in [0.05, 0.1) is 22.5 Å². The zero-order valence-corrected chi connectivity index (χ0v) is 18.2. The number of benzene rings is 2. The number of rotatable bonds is 10. The van der Waals surface area contributed by atoms with Crippen LogP contribution in [0.1, 0.15) is 16.0 Å². The molecule has 0 aliphatic carbocycles. The number of nitrogens with one attached hydrogen (secondary N) is 2. The normalized spacial score (nSPS) is 12.4. The summed E-state index contributed by atoms with van der Waals surface area (Å²) < 4.78 is 10.4. The lowest BCUT2D eigenvalue weighted by Crippen LogP contribution is -2.49. The minimum Gasteiger partial charge on any atom is -0.445 e. The van der Waals surface area contributed by atoms with Crippen LogP contribution in [-0.4, -0.2) is 41.0 Å². The van der Waals surface area contributed by atoms with Crippen LogP contribution in [0.4, 0.5) is 9.59 Å². The van der Waals surface area contributed by atoms with Crippen molar-refractivity contribution in [2.75, 3.05) is 6.54 Å². The number of hydrogen-bond acceptors (Lipinski definition) is 7. The standard InChI is InChI=1S/C23H25N3O5S/c27-21(13-25-22(28)30-14-18-9-5-2-6-10-18)20(11-17-7-3-1-4-8-17)26-23(29)31-15-19-12-24-16-32-19/h1-10,12,16,20-21,27H,11,13-15H2,(H,25,28)(H,26,29)/t20-,21+/m0/s1. The van der Waals surface area contributed by atoms with E-state index < -0.39 is 24.3 Å². The average molecular weight is 456 g/mol. The van der Waals surface area contributed by atoms with Crippen LogP contribution in [0.15, 0.2) is 72.4 Å². The van der Waals surface area contributed by atoms with Gasteiger partial charge in [-0.1, -0.05) is 60.7 Å². The summed E-state index contributed by atoms with van der Waals surface area (Å²) in [6, 6.07) is 18.0. The van der Waals surface area contributed by atoms with E-state index in [1.807, 2.05) is 60.7 Å². The van der Waals surface area contributed by atoms with Crippen molar-refractivity contribution in [2.24, 2.45) is 0 Å². The summed E-state index contributed by atoms with van der Waals surface area (Å²) in [5, 5.41) is 15.9. The molecule has 0 fully saturated rings. The fourth-order valence-corrected chi connectivity index (χ4v) is 3.40. The minimum absolute atomic E-state index is 0.0920. The number of amides is 2. The molecule has 1 aromatic heterocycles. The molecule has 0 bridgehead atoms. The first-order valence-corrected chi connectivity index (χ1v) is 11.0. The summed E-state index contributed by atoms with van der Waals surface area (Å²) in [4.78, 5) is 29.0. The molecule has 32 heavy (non-hydrogen) atoms. The molecule has 0 saturated heterocycles. The van der Waals surface area contributed by atoms with E-state index in [-0.39, 0.29) is 19.8 Å². The van der Waals surface area contributed by atoms with Crippen molar-refractivity contribution in [3.63, 3.8) is 0 Å². The molecule has 3 rings (SSSR count). The van der Waals surface area contributed by atoms with Crippen LogP contribution < -0.4 is 10.6 Å². The first-order valence-electron chi connectivity index (χ1n) is 10.1. The molecule has 1 heterocycles. The second-order valence-corrected chi connectivity index (χ2v) is 7.97. The Kier molecular flexibility index (Phi) is 9.03. The van der Waals surface area contributed by atoms with Gasteiger partial charge in [0.15, 0.2) is 0 Å². The van der Waals surface area contributed by atoms with Crippen molar-refractivity contribution < 1.29 is 24.2 Å². The van der Waals surface area contributed by atoms with Gasteiger partial charge in [0.1, 0.15) is 13.2 Å². The van der Waals surface area contributed by atoms with Crippen molar-refractivity contribution in [3.8, 4) is 0 Å². The number of aliphatic hydroxyl groups is 1. The first kappa shape index (κ1) is 23.2. The Morgan fingerprint density at radius 3 is 2.25 bits per heavy atom. The molecular weight excluding hydrogens is 430 g/mol. The van der Waals surface area contributed by atoms with Gasteiger partial charge in [-0.2, -0.15) is 0 Å². The molecule has 0 saturated carbocycles. The summed E-state index contributed by atoms with van der Waals surface area (Å²) in [6.07, 6.45) is -0.392. The topological polar surface area (TPSA) is 110 Å². The fraction of sp³-hybridized carbons (Fsp3) is 0.261. The van der Waals surface area contributed by atoms with Crippen molar-refractivity contribution in [1.29, 1.82) is 0 Å². The van der Waals surface area contributed by atoms with Crippen LogP contribution in [0.3, 0.4) is 0 Å². The predicted octanol–water partition coefficient (Wildman–Crippen LogP) is 3.27. The quantitative estimate of drug-likeness (QED) is 0.433. The van der Waals surface area contributed by atoms with E-state index >= 15 is 0 Å². The van der Waals surface area contributed by atoms with Crippen molar-refractivity contribution in [1.82, 2.24) is 15.6 Å². The Balaban J connectivity index is 1.51. The van der Waals surface area contributed by atoms with Gasteiger partial charge in [-0.05, 0) is 17.5 Å². The lowest BCUT2D eigenvalue weighted by molar-refractivity contribution is 0.0951. The number of carbonyl (C=O) groups is 2. The maximum Gasteiger partial charge on any atom is 0.407 e. The van der Waals surface area contributed by atoms with Gasteiger partial charge < -0.3 is 25.2 Å². The fourth-order valence-electron chi connectivity index (χ4n) is 2.90. The Bertz CT molecular complexity index is 954. The van der Waals surface area contributed by atoms with E-state index in [1.165, 1.54) is 11.3 Å². The van der Waals surface area contributed by atoms with E-state index in [2.05, 4.69) is 15.6 Å². The molecule has 0 aliphatic heterocycles. The molecule has 0 unspecified atom stereocenters. The molecule has 9 heteroatoms. The van der Waals surface area contributed by atoms with Gasteiger partial charge in [-0.25, -0.2) is 9.59 Å². The number of thiazole rings is 1. The van der Waals surface area contributed by atoms with Crippen LogP contribution in [0.2, 0.25) is 0 Å². The highest BCUT2D eigenvalue weighted by molar-refractivity contribution is 7.09. The lowest BCUT2D eigenvalue weighted by atomic mass is 10.0. The van der Waals surface area contributed by atoms with Crippen molar-refractivity contribution in [2.45, 2.75) is 31.8 Å². The minimum atomic E-state index is -1.06. The Morgan fingerprint density at radius 1 is 0.938 bits per heavy atom. The zero-order chi connectivity index (χ0) is 22.6. The number of hydrogen-bond donors (Lipinski definition) is 3. The first-order chi connectivity index (χ1) is 15.6. The number of ether oxygens (including phenoxy) is 2. The lowest BCUT2D eigenvalue weighted by Gasteiger charge is -2.24.